The fourth-order valence-electron chi connectivity index (χ4n) is 2.15. The average molecular weight is 403 g/mol. The number of halogens is 1. The molecule has 2 aromatic rings. The molecule has 1 aliphatic rings. The fraction of sp³-hybridized carbons (Fsp3) is 0.0625. The maximum atomic E-state index is 12.7. The smallest absolute Gasteiger partial charge is 0.251 e. The third-order valence-electron chi connectivity index (χ3n) is 3.31. The lowest BCUT2D eigenvalue weighted by molar-refractivity contribution is -0.130. The predicted octanol–water partition coefficient (Wildman–Crippen LogP) is 2.61. The Morgan fingerprint density at radius 2 is 2.00 bits per heavy atom. The average Bonchev–Trinajstić information content (AvgIpc) is 2.57. The molecule has 2 amide bonds. The number of anilines is 1. The summed E-state index contributed by atoms with van der Waals surface area (Å²) >= 11 is 8.47. The molecule has 8 heteroatoms. The molecule has 120 valence electrons. The normalized spacial score (nSPS) is 18.1. The summed E-state index contributed by atoms with van der Waals surface area (Å²) in [7, 11) is 0. The Morgan fingerprint density at radius 1 is 1.25 bits per heavy atom. The molecule has 2 heterocycles. The lowest BCUT2D eigenvalue weighted by Gasteiger charge is -2.30. The van der Waals surface area contributed by atoms with Crippen molar-refractivity contribution in [3.8, 4) is 0 Å². The highest BCUT2D eigenvalue weighted by Crippen LogP contribution is 2.23. The van der Waals surface area contributed by atoms with Crippen LogP contribution in [0.25, 0.3) is 0 Å². The van der Waals surface area contributed by atoms with E-state index in [1.165, 1.54) is 11.1 Å². The molecule has 1 aromatic heterocycles. The molecule has 1 atom stereocenters. The first kappa shape index (κ1) is 16.4. The van der Waals surface area contributed by atoms with Crippen molar-refractivity contribution in [2.24, 2.45) is 10.9 Å². The van der Waals surface area contributed by atoms with Crippen LogP contribution in [0.15, 0.2) is 58.3 Å². The van der Waals surface area contributed by atoms with Gasteiger partial charge in [0.25, 0.3) is 5.91 Å². The number of nitrogens with zero attached hydrogens (tertiary/aromatic N) is 3. The number of thiocarbonyl (C=S) groups is 1. The van der Waals surface area contributed by atoms with Crippen LogP contribution in [0.2, 0.25) is 0 Å². The van der Waals surface area contributed by atoms with Crippen LogP contribution in [0.1, 0.15) is 0 Å². The highest BCUT2D eigenvalue weighted by atomic mass is 79.9. The highest BCUT2D eigenvalue weighted by molar-refractivity contribution is 9.10. The van der Waals surface area contributed by atoms with Gasteiger partial charge in [-0.25, -0.2) is 0 Å². The van der Waals surface area contributed by atoms with Gasteiger partial charge in [-0.2, -0.15) is 0 Å². The first-order valence-electron chi connectivity index (χ1n) is 6.95. The van der Waals surface area contributed by atoms with Gasteiger partial charge >= 0.3 is 0 Å². The van der Waals surface area contributed by atoms with Gasteiger partial charge < -0.3 is 5.32 Å². The molecule has 0 spiro atoms. The van der Waals surface area contributed by atoms with Crippen molar-refractivity contribution in [1.82, 2.24) is 10.3 Å². The number of nitrogens with one attached hydrogen (secondary N) is 1. The van der Waals surface area contributed by atoms with E-state index in [2.05, 4.69) is 31.2 Å². The maximum absolute atomic E-state index is 12.7. The van der Waals surface area contributed by atoms with Crippen LogP contribution >= 0.6 is 28.1 Å². The minimum atomic E-state index is -1.06. The third-order valence-corrected chi connectivity index (χ3v) is 4.12. The van der Waals surface area contributed by atoms with Crippen LogP contribution in [0.3, 0.4) is 0 Å². The number of carbonyl (C=O) groups excluding carboxylic acids is 2. The van der Waals surface area contributed by atoms with Crippen molar-refractivity contribution in [2.75, 3.05) is 4.90 Å². The summed E-state index contributed by atoms with van der Waals surface area (Å²) in [5.41, 5.74) is 1.13. The molecule has 6 nitrogen and oxygen atoms in total. The van der Waals surface area contributed by atoms with Crippen LogP contribution in [0.5, 0.6) is 0 Å². The predicted molar refractivity (Wildman–Crippen MR) is 98.2 cm³/mol. The topological polar surface area (TPSA) is 74.7 Å². The van der Waals surface area contributed by atoms with Crippen molar-refractivity contribution in [2.45, 2.75) is 0 Å². The molecule has 0 unspecified atom stereocenters. The molecule has 0 bridgehead atoms. The van der Waals surface area contributed by atoms with Crippen LogP contribution in [0.4, 0.5) is 11.4 Å². The van der Waals surface area contributed by atoms with E-state index in [4.69, 9.17) is 12.2 Å². The van der Waals surface area contributed by atoms with Gasteiger partial charge in [0.1, 0.15) is 0 Å². The quantitative estimate of drug-likeness (QED) is 0.486. The minimum absolute atomic E-state index is 0.0540. The number of carbonyl (C=O) groups is 2. The molecule has 1 aromatic carbocycles. The van der Waals surface area contributed by atoms with E-state index in [1.807, 2.05) is 0 Å². The van der Waals surface area contributed by atoms with E-state index in [-0.39, 0.29) is 5.11 Å². The second kappa shape index (κ2) is 6.98. The standard InChI is InChI=1S/C16H11BrN4O2S/c17-10-3-5-12(6-4-10)21-15(23)13(14(22)20-16(21)24)9-19-11-2-1-7-18-8-11/h1-9,13H,(H,20,22,24)/t13-/m1/s1. The zero-order chi connectivity index (χ0) is 17.1. The summed E-state index contributed by atoms with van der Waals surface area (Å²) in [6.45, 7) is 0. The highest BCUT2D eigenvalue weighted by Gasteiger charge is 2.38. The van der Waals surface area contributed by atoms with E-state index in [0.29, 0.717) is 11.4 Å². The lowest BCUT2D eigenvalue weighted by Crippen LogP contribution is -2.58. The maximum Gasteiger partial charge on any atom is 0.251 e. The van der Waals surface area contributed by atoms with E-state index in [9.17, 15) is 9.59 Å². The van der Waals surface area contributed by atoms with Crippen molar-refractivity contribution >= 4 is 62.7 Å². The Bertz CT molecular complexity index is 824. The monoisotopic (exact) mass is 402 g/mol. The summed E-state index contributed by atoms with van der Waals surface area (Å²) < 4.78 is 0.875. The second-order valence-corrected chi connectivity index (χ2v) is 6.21. The van der Waals surface area contributed by atoms with Crippen molar-refractivity contribution < 1.29 is 9.59 Å². The van der Waals surface area contributed by atoms with E-state index >= 15 is 0 Å². The zero-order valence-electron chi connectivity index (χ0n) is 12.2. The molecule has 1 fully saturated rings. The summed E-state index contributed by atoms with van der Waals surface area (Å²) in [5, 5.41) is 2.59. The Hall–Kier alpha value is -2.45. The fourth-order valence-corrected chi connectivity index (χ4v) is 2.71. The van der Waals surface area contributed by atoms with Crippen LogP contribution in [-0.2, 0) is 9.59 Å². The SMILES string of the molecule is O=C1NC(=S)N(c2ccc(Br)cc2)C(=O)[C@@H]1C=Nc1cccnc1. The zero-order valence-corrected chi connectivity index (χ0v) is 14.6. The Kier molecular flexibility index (Phi) is 4.77. The van der Waals surface area contributed by atoms with Gasteiger partial charge in [0, 0.05) is 16.9 Å². The van der Waals surface area contributed by atoms with Crippen LogP contribution in [0, 0.1) is 5.92 Å². The van der Waals surface area contributed by atoms with Gasteiger partial charge in [0.05, 0.1) is 17.6 Å². The number of pyridine rings is 1. The molecule has 24 heavy (non-hydrogen) atoms. The van der Waals surface area contributed by atoms with Crippen molar-refractivity contribution in [3.63, 3.8) is 0 Å². The molecule has 0 radical (unpaired) electrons. The number of aliphatic imine (C=N–C) groups is 1. The van der Waals surface area contributed by atoms with Crippen LogP contribution in [-0.4, -0.2) is 28.1 Å². The van der Waals surface area contributed by atoms with Crippen LogP contribution < -0.4 is 10.2 Å². The second-order valence-electron chi connectivity index (χ2n) is 4.91. The molecule has 1 saturated heterocycles. The lowest BCUT2D eigenvalue weighted by atomic mass is 10.1. The molecule has 1 aliphatic heterocycles. The summed E-state index contributed by atoms with van der Waals surface area (Å²) in [6, 6.07) is 10.5. The van der Waals surface area contributed by atoms with Gasteiger partial charge in [-0.1, -0.05) is 15.9 Å². The number of benzene rings is 1. The largest absolute Gasteiger partial charge is 0.301 e. The number of amides is 2. The number of hydrogen-bond acceptors (Lipinski definition) is 5. The minimum Gasteiger partial charge on any atom is -0.301 e. The van der Waals surface area contributed by atoms with Gasteiger partial charge in [0.15, 0.2) is 11.0 Å². The summed E-state index contributed by atoms with van der Waals surface area (Å²) in [5.74, 6) is -2.00. The van der Waals surface area contributed by atoms with E-state index < -0.39 is 17.7 Å². The molecule has 3 rings (SSSR count). The summed E-state index contributed by atoms with van der Waals surface area (Å²) in [4.78, 5) is 34.2. The number of hydrogen-bond donors (Lipinski definition) is 1. The Morgan fingerprint density at radius 3 is 2.67 bits per heavy atom. The van der Waals surface area contributed by atoms with Gasteiger partial charge in [-0.3, -0.25) is 24.5 Å². The van der Waals surface area contributed by atoms with Gasteiger partial charge in [0.2, 0.25) is 5.91 Å². The summed E-state index contributed by atoms with van der Waals surface area (Å²) in [6.07, 6.45) is 4.46. The van der Waals surface area contributed by atoms with Gasteiger partial charge in [-0.15, -0.1) is 0 Å². The van der Waals surface area contributed by atoms with Crippen molar-refractivity contribution in [3.05, 3.63) is 53.3 Å². The van der Waals surface area contributed by atoms with Crippen molar-refractivity contribution in [1.29, 1.82) is 0 Å². The molecular formula is C16H11BrN4O2S. The Labute approximate surface area is 151 Å². The Balaban J connectivity index is 1.88. The van der Waals surface area contributed by atoms with E-state index in [1.54, 1.807) is 48.8 Å². The number of rotatable bonds is 3. The first-order valence-corrected chi connectivity index (χ1v) is 8.15. The van der Waals surface area contributed by atoms with E-state index in [0.717, 1.165) is 4.47 Å². The molecular weight excluding hydrogens is 392 g/mol. The van der Waals surface area contributed by atoms with Gasteiger partial charge in [-0.05, 0) is 48.6 Å². The third kappa shape index (κ3) is 3.39. The first-order chi connectivity index (χ1) is 11.6. The molecule has 1 N–H and O–H groups in total. The number of aromatic nitrogens is 1. The molecule has 0 aliphatic carbocycles. The molecule has 0 saturated carbocycles.